The first-order valence-corrected chi connectivity index (χ1v) is 4.79. The number of nitrogens with zero attached hydrogens (tertiary/aromatic N) is 2. The summed E-state index contributed by atoms with van der Waals surface area (Å²) in [5, 5.41) is 4.72. The maximum atomic E-state index is 3.00. The smallest absolute Gasteiger partial charge is 0.0104 e. The molecule has 0 aromatic rings. The Bertz CT molecular complexity index is 65.9. The molecule has 0 atom stereocenters. The molecule has 0 aromatic carbocycles. The molecule has 0 amide bonds. The minimum absolute atomic E-state index is 1.12. The van der Waals surface area contributed by atoms with Crippen molar-refractivity contribution in [2.45, 2.75) is 27.7 Å². The van der Waals surface area contributed by atoms with Crippen LogP contribution in [0.2, 0.25) is 0 Å². The van der Waals surface area contributed by atoms with Crippen LogP contribution < -0.4 is 0 Å². The van der Waals surface area contributed by atoms with Crippen LogP contribution in [-0.4, -0.2) is 36.2 Å². The molecule has 0 N–H and O–H groups in total. The van der Waals surface area contributed by atoms with Gasteiger partial charge in [0, 0.05) is 26.2 Å². The molecule has 0 spiro atoms. The first-order chi connectivity index (χ1) is 5.79. The Morgan fingerprint density at radius 1 is 0.667 bits per heavy atom. The van der Waals surface area contributed by atoms with Crippen LogP contribution in [0, 0.1) is 0 Å². The fraction of sp³-hybridized carbons (Fsp3) is 0.800. The quantitative estimate of drug-likeness (QED) is 0.464. The Labute approximate surface area is 77.8 Å². The van der Waals surface area contributed by atoms with Gasteiger partial charge in [0.2, 0.25) is 0 Å². The standard InChI is InChI=1S/C8H20N2.C2H4/c1-5-9(6-2)10(7-3)8-4;1-2/h5-8H2,1-4H3;1-2H2. The van der Waals surface area contributed by atoms with E-state index in [4.69, 9.17) is 0 Å². The van der Waals surface area contributed by atoms with Gasteiger partial charge in [-0.05, 0) is 0 Å². The van der Waals surface area contributed by atoms with Crippen molar-refractivity contribution in [3.63, 3.8) is 0 Å². The predicted molar refractivity (Wildman–Crippen MR) is 57.1 cm³/mol. The minimum atomic E-state index is 1.12. The van der Waals surface area contributed by atoms with E-state index >= 15 is 0 Å². The fourth-order valence-corrected chi connectivity index (χ4v) is 1.25. The van der Waals surface area contributed by atoms with Gasteiger partial charge in [0.05, 0.1) is 0 Å². The third-order valence-electron chi connectivity index (χ3n) is 1.86. The highest BCUT2D eigenvalue weighted by Crippen LogP contribution is 1.95. The molecule has 0 aliphatic heterocycles. The van der Waals surface area contributed by atoms with E-state index in [0.29, 0.717) is 0 Å². The third kappa shape index (κ3) is 5.33. The first kappa shape index (κ1) is 14.2. The van der Waals surface area contributed by atoms with E-state index in [9.17, 15) is 0 Å². The van der Waals surface area contributed by atoms with E-state index in [1.807, 2.05) is 0 Å². The van der Waals surface area contributed by atoms with Crippen molar-refractivity contribution in [3.05, 3.63) is 13.2 Å². The van der Waals surface area contributed by atoms with Crippen LogP contribution in [-0.2, 0) is 0 Å². The van der Waals surface area contributed by atoms with Crippen LogP contribution in [0.15, 0.2) is 13.2 Å². The molecule has 0 unspecified atom stereocenters. The Hall–Kier alpha value is -0.340. The molecule has 0 radical (unpaired) electrons. The second-order valence-electron chi connectivity index (χ2n) is 2.28. The molecule has 0 saturated carbocycles. The van der Waals surface area contributed by atoms with Crippen LogP contribution in [0.25, 0.3) is 0 Å². The third-order valence-corrected chi connectivity index (χ3v) is 1.86. The largest absolute Gasteiger partial charge is 0.242 e. The Morgan fingerprint density at radius 3 is 0.917 bits per heavy atom. The fourth-order valence-electron chi connectivity index (χ4n) is 1.25. The lowest BCUT2D eigenvalue weighted by atomic mass is 10.5. The van der Waals surface area contributed by atoms with Crippen LogP contribution in [0.1, 0.15) is 27.7 Å². The average molecular weight is 172 g/mol. The maximum Gasteiger partial charge on any atom is 0.0104 e. The summed E-state index contributed by atoms with van der Waals surface area (Å²) in [5.41, 5.74) is 0. The van der Waals surface area contributed by atoms with Crippen LogP contribution in [0.5, 0.6) is 0 Å². The normalized spacial score (nSPS) is 9.83. The molecular formula is C10H24N2. The van der Waals surface area contributed by atoms with Gasteiger partial charge in [-0.2, -0.15) is 0 Å². The summed E-state index contributed by atoms with van der Waals surface area (Å²) in [6.07, 6.45) is 0. The van der Waals surface area contributed by atoms with Crippen molar-refractivity contribution in [2.75, 3.05) is 26.2 Å². The summed E-state index contributed by atoms with van der Waals surface area (Å²) < 4.78 is 0. The highest BCUT2D eigenvalue weighted by Gasteiger charge is 2.05. The SMILES string of the molecule is C=C.CCN(CC)N(CC)CC. The molecular weight excluding hydrogens is 148 g/mol. The lowest BCUT2D eigenvalue weighted by Gasteiger charge is -2.31. The van der Waals surface area contributed by atoms with E-state index < -0.39 is 0 Å². The molecule has 0 aliphatic carbocycles. The van der Waals surface area contributed by atoms with Gasteiger partial charge in [-0.3, -0.25) is 0 Å². The number of hydrogen-bond acceptors (Lipinski definition) is 2. The molecule has 0 aromatic heterocycles. The summed E-state index contributed by atoms with van der Waals surface area (Å²) in [6.45, 7) is 19.3. The molecule has 12 heavy (non-hydrogen) atoms. The van der Waals surface area contributed by atoms with Gasteiger partial charge in [-0.1, -0.05) is 27.7 Å². The van der Waals surface area contributed by atoms with Gasteiger partial charge in [0.15, 0.2) is 0 Å². The second-order valence-corrected chi connectivity index (χ2v) is 2.28. The van der Waals surface area contributed by atoms with Gasteiger partial charge in [0.1, 0.15) is 0 Å². The molecule has 0 saturated heterocycles. The monoisotopic (exact) mass is 172 g/mol. The van der Waals surface area contributed by atoms with Gasteiger partial charge in [-0.15, -0.1) is 13.2 Å². The van der Waals surface area contributed by atoms with E-state index in [1.54, 1.807) is 0 Å². The lowest BCUT2D eigenvalue weighted by Crippen LogP contribution is -2.42. The van der Waals surface area contributed by atoms with Gasteiger partial charge in [0.25, 0.3) is 0 Å². The molecule has 2 nitrogen and oxygen atoms in total. The Kier molecular flexibility index (Phi) is 12.6. The van der Waals surface area contributed by atoms with E-state index in [0.717, 1.165) is 26.2 Å². The van der Waals surface area contributed by atoms with Crippen molar-refractivity contribution >= 4 is 0 Å². The van der Waals surface area contributed by atoms with Gasteiger partial charge < -0.3 is 0 Å². The highest BCUT2D eigenvalue weighted by atomic mass is 15.6. The molecule has 0 fully saturated rings. The average Bonchev–Trinajstić information content (AvgIpc) is 2.17. The van der Waals surface area contributed by atoms with Crippen LogP contribution >= 0.6 is 0 Å². The summed E-state index contributed by atoms with van der Waals surface area (Å²) in [6, 6.07) is 0. The molecule has 0 bridgehead atoms. The molecule has 0 heterocycles. The number of rotatable bonds is 5. The number of hydrazine groups is 1. The zero-order valence-electron chi connectivity index (χ0n) is 9.14. The maximum absolute atomic E-state index is 3.00. The van der Waals surface area contributed by atoms with E-state index in [2.05, 4.69) is 50.9 Å². The summed E-state index contributed by atoms with van der Waals surface area (Å²) in [7, 11) is 0. The molecule has 2 heteroatoms. The zero-order valence-corrected chi connectivity index (χ0v) is 9.14. The second kappa shape index (κ2) is 10.7. The highest BCUT2D eigenvalue weighted by molar-refractivity contribution is 4.48. The first-order valence-electron chi connectivity index (χ1n) is 4.79. The van der Waals surface area contributed by atoms with E-state index in [-0.39, 0.29) is 0 Å². The molecule has 74 valence electrons. The van der Waals surface area contributed by atoms with Crippen LogP contribution in [0.4, 0.5) is 0 Å². The Balaban J connectivity index is 0. The van der Waals surface area contributed by atoms with Crippen molar-refractivity contribution in [1.82, 2.24) is 10.0 Å². The summed E-state index contributed by atoms with van der Waals surface area (Å²) >= 11 is 0. The van der Waals surface area contributed by atoms with Crippen molar-refractivity contribution in [1.29, 1.82) is 0 Å². The van der Waals surface area contributed by atoms with Gasteiger partial charge in [-0.25, -0.2) is 10.0 Å². The van der Waals surface area contributed by atoms with Crippen LogP contribution in [0.3, 0.4) is 0 Å². The summed E-state index contributed by atoms with van der Waals surface area (Å²) in [5.74, 6) is 0. The van der Waals surface area contributed by atoms with Crippen molar-refractivity contribution in [3.8, 4) is 0 Å². The van der Waals surface area contributed by atoms with E-state index in [1.165, 1.54) is 0 Å². The Morgan fingerprint density at radius 2 is 0.833 bits per heavy atom. The molecule has 0 rings (SSSR count). The van der Waals surface area contributed by atoms with Crippen molar-refractivity contribution in [2.24, 2.45) is 0 Å². The molecule has 0 aliphatic rings. The summed E-state index contributed by atoms with van der Waals surface area (Å²) in [4.78, 5) is 0. The lowest BCUT2D eigenvalue weighted by molar-refractivity contribution is -0.00652. The minimum Gasteiger partial charge on any atom is -0.242 e. The number of hydrogen-bond donors (Lipinski definition) is 0. The predicted octanol–water partition coefficient (Wildman–Crippen LogP) is 2.39. The topological polar surface area (TPSA) is 6.48 Å². The van der Waals surface area contributed by atoms with Gasteiger partial charge >= 0.3 is 0 Å². The zero-order chi connectivity index (χ0) is 9.98. The van der Waals surface area contributed by atoms with Crippen molar-refractivity contribution < 1.29 is 0 Å².